The minimum Gasteiger partial charge on any atom is -0.490 e. The number of nitrogens with one attached hydrogen (secondary N) is 1. The van der Waals surface area contributed by atoms with Gasteiger partial charge in [0.25, 0.3) is 0 Å². The van der Waals surface area contributed by atoms with Crippen LogP contribution < -0.4 is 5.43 Å². The highest BCUT2D eigenvalue weighted by atomic mass is 16.5. The van der Waals surface area contributed by atoms with E-state index in [0.717, 1.165) is 12.3 Å². The molecule has 2 heterocycles. The number of ether oxygens (including phenoxy) is 1. The standard InChI is InChI=1S/C5H6N2O/c1-2-8-5-3-6-7-4(1)5/h1-2,5-6H,3H2. The lowest BCUT2D eigenvalue weighted by molar-refractivity contribution is 0.222. The van der Waals surface area contributed by atoms with Crippen molar-refractivity contribution < 1.29 is 4.74 Å². The zero-order chi connectivity index (χ0) is 5.40. The zero-order valence-corrected chi connectivity index (χ0v) is 4.29. The van der Waals surface area contributed by atoms with Gasteiger partial charge in [0, 0.05) is 0 Å². The molecule has 3 nitrogen and oxygen atoms in total. The van der Waals surface area contributed by atoms with Crippen LogP contribution in [0.15, 0.2) is 17.4 Å². The van der Waals surface area contributed by atoms with E-state index in [1.807, 2.05) is 6.08 Å². The highest BCUT2D eigenvalue weighted by Gasteiger charge is 2.22. The number of hydrogen-bond acceptors (Lipinski definition) is 3. The molecule has 2 aliphatic heterocycles. The summed E-state index contributed by atoms with van der Waals surface area (Å²) >= 11 is 0. The van der Waals surface area contributed by atoms with E-state index in [-0.39, 0.29) is 6.10 Å². The molecule has 0 aromatic heterocycles. The number of fused-ring (bicyclic) bond motifs is 1. The molecule has 0 spiro atoms. The Hall–Kier alpha value is -0.990. The molecule has 0 radical (unpaired) electrons. The van der Waals surface area contributed by atoms with Crippen LogP contribution in [-0.4, -0.2) is 18.4 Å². The third-order valence-corrected chi connectivity index (χ3v) is 1.30. The Labute approximate surface area is 47.0 Å². The van der Waals surface area contributed by atoms with E-state index in [2.05, 4.69) is 10.5 Å². The molecule has 1 atom stereocenters. The summed E-state index contributed by atoms with van der Waals surface area (Å²) in [6, 6.07) is 0. The zero-order valence-electron chi connectivity index (χ0n) is 4.29. The molecule has 3 heteroatoms. The maximum absolute atomic E-state index is 5.10. The maximum atomic E-state index is 5.10. The predicted molar refractivity (Wildman–Crippen MR) is 29.5 cm³/mol. The number of hydrogen-bond donors (Lipinski definition) is 1. The van der Waals surface area contributed by atoms with Crippen molar-refractivity contribution in [1.29, 1.82) is 0 Å². The third-order valence-electron chi connectivity index (χ3n) is 1.30. The quantitative estimate of drug-likeness (QED) is 0.470. The summed E-state index contributed by atoms with van der Waals surface area (Å²) in [6.45, 7) is 0.822. The van der Waals surface area contributed by atoms with Crippen molar-refractivity contribution in [3.63, 3.8) is 0 Å². The largest absolute Gasteiger partial charge is 0.490 e. The maximum Gasteiger partial charge on any atom is 0.160 e. The number of rotatable bonds is 0. The minimum atomic E-state index is 0.204. The van der Waals surface area contributed by atoms with Crippen LogP contribution in [0.2, 0.25) is 0 Å². The lowest BCUT2D eigenvalue weighted by Gasteiger charge is -1.99. The molecule has 0 bridgehead atoms. The summed E-state index contributed by atoms with van der Waals surface area (Å²) < 4.78 is 5.10. The van der Waals surface area contributed by atoms with E-state index in [0.29, 0.717) is 0 Å². The topological polar surface area (TPSA) is 33.6 Å². The van der Waals surface area contributed by atoms with Gasteiger partial charge in [-0.1, -0.05) is 0 Å². The summed E-state index contributed by atoms with van der Waals surface area (Å²) in [6.07, 6.45) is 3.77. The molecule has 2 rings (SSSR count). The molecule has 0 aromatic rings. The van der Waals surface area contributed by atoms with Crippen LogP contribution in [0.5, 0.6) is 0 Å². The summed E-state index contributed by atoms with van der Waals surface area (Å²) in [5.74, 6) is 0. The Morgan fingerprint density at radius 3 is 3.75 bits per heavy atom. The molecule has 0 fully saturated rings. The van der Waals surface area contributed by atoms with Crippen LogP contribution in [0.25, 0.3) is 0 Å². The monoisotopic (exact) mass is 110 g/mol. The predicted octanol–water partition coefficient (Wildman–Crippen LogP) is -0.142. The molecule has 1 unspecified atom stereocenters. The van der Waals surface area contributed by atoms with Crippen molar-refractivity contribution in [2.75, 3.05) is 6.54 Å². The van der Waals surface area contributed by atoms with Crippen molar-refractivity contribution in [2.45, 2.75) is 6.10 Å². The van der Waals surface area contributed by atoms with E-state index in [1.165, 1.54) is 0 Å². The summed E-state index contributed by atoms with van der Waals surface area (Å²) in [4.78, 5) is 0. The molecular formula is C5H6N2O. The lowest BCUT2D eigenvalue weighted by Crippen LogP contribution is -2.18. The molecular weight excluding hydrogens is 104 g/mol. The van der Waals surface area contributed by atoms with E-state index in [9.17, 15) is 0 Å². The smallest absolute Gasteiger partial charge is 0.160 e. The van der Waals surface area contributed by atoms with Gasteiger partial charge in [-0.3, -0.25) is 0 Å². The molecule has 1 N–H and O–H groups in total. The molecule has 2 aliphatic rings. The van der Waals surface area contributed by atoms with Crippen LogP contribution in [-0.2, 0) is 4.74 Å². The molecule has 0 saturated heterocycles. The van der Waals surface area contributed by atoms with Gasteiger partial charge in [-0.05, 0) is 6.08 Å². The Kier molecular flexibility index (Phi) is 0.614. The molecule has 0 aliphatic carbocycles. The van der Waals surface area contributed by atoms with E-state index >= 15 is 0 Å². The Morgan fingerprint density at radius 2 is 2.88 bits per heavy atom. The van der Waals surface area contributed by atoms with Gasteiger partial charge >= 0.3 is 0 Å². The first-order chi connectivity index (χ1) is 3.97. The average molecular weight is 110 g/mol. The first kappa shape index (κ1) is 3.95. The second kappa shape index (κ2) is 1.24. The normalized spacial score (nSPS) is 31.0. The van der Waals surface area contributed by atoms with Gasteiger partial charge in [-0.2, -0.15) is 5.10 Å². The van der Waals surface area contributed by atoms with Crippen molar-refractivity contribution in [3.05, 3.63) is 12.3 Å². The number of nitrogens with zero attached hydrogens (tertiary/aromatic N) is 1. The third kappa shape index (κ3) is 0.358. The van der Waals surface area contributed by atoms with Crippen LogP contribution in [0, 0.1) is 0 Å². The Balaban J connectivity index is 2.31. The van der Waals surface area contributed by atoms with Gasteiger partial charge < -0.3 is 10.2 Å². The van der Waals surface area contributed by atoms with E-state index < -0.39 is 0 Å². The highest BCUT2D eigenvalue weighted by Crippen LogP contribution is 2.08. The van der Waals surface area contributed by atoms with Crippen molar-refractivity contribution in [3.8, 4) is 0 Å². The van der Waals surface area contributed by atoms with Gasteiger partial charge in [0.05, 0.1) is 12.8 Å². The first-order valence-electron chi connectivity index (χ1n) is 2.59. The fourth-order valence-corrected chi connectivity index (χ4v) is 0.863. The van der Waals surface area contributed by atoms with E-state index in [4.69, 9.17) is 4.74 Å². The molecule has 0 amide bonds. The van der Waals surface area contributed by atoms with Crippen LogP contribution in [0.1, 0.15) is 0 Å². The van der Waals surface area contributed by atoms with Crippen LogP contribution in [0.3, 0.4) is 0 Å². The van der Waals surface area contributed by atoms with Crippen LogP contribution in [0.4, 0.5) is 0 Å². The molecule has 42 valence electrons. The average Bonchev–Trinajstić information content (AvgIpc) is 2.15. The second-order valence-corrected chi connectivity index (χ2v) is 1.83. The van der Waals surface area contributed by atoms with Gasteiger partial charge in [-0.25, -0.2) is 0 Å². The molecule has 0 saturated carbocycles. The highest BCUT2D eigenvalue weighted by molar-refractivity contribution is 6.00. The number of hydrazone groups is 1. The van der Waals surface area contributed by atoms with Gasteiger partial charge in [0.2, 0.25) is 0 Å². The fraction of sp³-hybridized carbons (Fsp3) is 0.400. The SMILES string of the molecule is C1=CC2=NNCC2O1. The Morgan fingerprint density at radius 1 is 1.88 bits per heavy atom. The van der Waals surface area contributed by atoms with Crippen molar-refractivity contribution in [1.82, 2.24) is 5.43 Å². The molecule has 0 aromatic carbocycles. The second-order valence-electron chi connectivity index (χ2n) is 1.83. The van der Waals surface area contributed by atoms with Gasteiger partial charge in [-0.15, -0.1) is 0 Å². The molecule has 8 heavy (non-hydrogen) atoms. The van der Waals surface area contributed by atoms with Crippen molar-refractivity contribution in [2.24, 2.45) is 5.10 Å². The summed E-state index contributed by atoms with van der Waals surface area (Å²) in [5.41, 5.74) is 3.85. The summed E-state index contributed by atoms with van der Waals surface area (Å²) in [7, 11) is 0. The summed E-state index contributed by atoms with van der Waals surface area (Å²) in [5, 5.41) is 3.95. The van der Waals surface area contributed by atoms with Crippen molar-refractivity contribution >= 4 is 5.71 Å². The van der Waals surface area contributed by atoms with Gasteiger partial charge in [0.1, 0.15) is 5.71 Å². The first-order valence-corrected chi connectivity index (χ1v) is 2.59. The lowest BCUT2D eigenvalue weighted by atomic mass is 10.2. The van der Waals surface area contributed by atoms with Gasteiger partial charge in [0.15, 0.2) is 6.10 Å². The Bertz CT molecular complexity index is 162. The van der Waals surface area contributed by atoms with Crippen LogP contribution >= 0.6 is 0 Å². The minimum absolute atomic E-state index is 0.204. The van der Waals surface area contributed by atoms with E-state index in [1.54, 1.807) is 6.26 Å². The fourth-order valence-electron chi connectivity index (χ4n) is 0.863.